The van der Waals surface area contributed by atoms with E-state index in [1.807, 2.05) is 60.7 Å². The third kappa shape index (κ3) is 3.72. The zero-order valence-corrected chi connectivity index (χ0v) is 11.5. The Morgan fingerprint density at radius 3 is 2.50 bits per heavy atom. The fourth-order valence-electron chi connectivity index (χ4n) is 2.06. The maximum absolute atomic E-state index is 10.5. The molecule has 0 amide bonds. The molecule has 2 aromatic carbocycles. The smallest absolute Gasteiger partial charge is 0.125 e. The number of unbranched alkanes of at least 4 members (excludes halogenated alkanes) is 1. The van der Waals surface area contributed by atoms with Crippen molar-refractivity contribution in [3.8, 4) is 5.75 Å². The van der Waals surface area contributed by atoms with Crippen molar-refractivity contribution < 1.29 is 9.84 Å². The fraction of sp³-hybridized carbons (Fsp3) is 0.222. The molecule has 1 unspecified atom stereocenters. The quantitative estimate of drug-likeness (QED) is 0.605. The maximum atomic E-state index is 10.5. The van der Waals surface area contributed by atoms with Crippen molar-refractivity contribution in [1.29, 1.82) is 0 Å². The lowest BCUT2D eigenvalue weighted by molar-refractivity contribution is 0.210. The number of ether oxygens (including phenoxy) is 1. The van der Waals surface area contributed by atoms with Gasteiger partial charge in [-0.1, -0.05) is 54.6 Å². The van der Waals surface area contributed by atoms with Gasteiger partial charge in [0, 0.05) is 5.56 Å². The second-order valence-corrected chi connectivity index (χ2v) is 4.63. The first-order valence-corrected chi connectivity index (χ1v) is 6.88. The molecule has 0 saturated carbocycles. The van der Waals surface area contributed by atoms with E-state index in [-0.39, 0.29) is 0 Å². The summed E-state index contributed by atoms with van der Waals surface area (Å²) in [5.41, 5.74) is 1.67. The van der Waals surface area contributed by atoms with E-state index >= 15 is 0 Å². The summed E-state index contributed by atoms with van der Waals surface area (Å²) in [6.07, 6.45) is 3.09. The molecule has 1 atom stereocenters. The van der Waals surface area contributed by atoms with Gasteiger partial charge in [0.25, 0.3) is 0 Å². The van der Waals surface area contributed by atoms with E-state index in [4.69, 9.17) is 4.74 Å². The van der Waals surface area contributed by atoms with Crippen molar-refractivity contribution >= 4 is 0 Å². The van der Waals surface area contributed by atoms with Crippen LogP contribution in [0.15, 0.2) is 67.3 Å². The van der Waals surface area contributed by atoms with Gasteiger partial charge in [-0.25, -0.2) is 0 Å². The molecule has 0 saturated heterocycles. The standard InChI is InChI=1S/C18H20O2/c1-2-3-9-14-20-17-13-8-7-12-16(17)18(19)15-10-5-4-6-11-15/h2,4-8,10-13,18-19H,1,3,9,14H2. The highest BCUT2D eigenvalue weighted by Gasteiger charge is 2.14. The van der Waals surface area contributed by atoms with E-state index in [9.17, 15) is 5.11 Å². The van der Waals surface area contributed by atoms with E-state index in [0.717, 1.165) is 29.7 Å². The van der Waals surface area contributed by atoms with Crippen molar-refractivity contribution in [3.63, 3.8) is 0 Å². The number of aliphatic hydroxyl groups is 1. The minimum Gasteiger partial charge on any atom is -0.493 e. The summed E-state index contributed by atoms with van der Waals surface area (Å²) < 4.78 is 5.77. The number of rotatable bonds is 7. The summed E-state index contributed by atoms with van der Waals surface area (Å²) in [5, 5.41) is 10.5. The van der Waals surface area contributed by atoms with Gasteiger partial charge in [-0.05, 0) is 24.5 Å². The zero-order chi connectivity index (χ0) is 14.2. The highest BCUT2D eigenvalue weighted by atomic mass is 16.5. The molecule has 104 valence electrons. The molecule has 0 radical (unpaired) electrons. The highest BCUT2D eigenvalue weighted by Crippen LogP contribution is 2.29. The summed E-state index contributed by atoms with van der Waals surface area (Å²) >= 11 is 0. The van der Waals surface area contributed by atoms with Crippen molar-refractivity contribution in [3.05, 3.63) is 78.4 Å². The van der Waals surface area contributed by atoms with Crippen LogP contribution < -0.4 is 4.74 Å². The van der Waals surface area contributed by atoms with Crippen LogP contribution in [0.25, 0.3) is 0 Å². The molecule has 0 aromatic heterocycles. The van der Waals surface area contributed by atoms with Crippen LogP contribution in [0.1, 0.15) is 30.1 Å². The van der Waals surface area contributed by atoms with Crippen LogP contribution in [0.5, 0.6) is 5.75 Å². The summed E-state index contributed by atoms with van der Waals surface area (Å²) in [4.78, 5) is 0. The topological polar surface area (TPSA) is 29.5 Å². The van der Waals surface area contributed by atoms with E-state index < -0.39 is 6.10 Å². The highest BCUT2D eigenvalue weighted by molar-refractivity contribution is 5.40. The zero-order valence-electron chi connectivity index (χ0n) is 11.5. The van der Waals surface area contributed by atoms with E-state index in [0.29, 0.717) is 6.61 Å². The van der Waals surface area contributed by atoms with E-state index in [2.05, 4.69) is 6.58 Å². The number of para-hydroxylation sites is 1. The van der Waals surface area contributed by atoms with Gasteiger partial charge in [0.05, 0.1) is 6.61 Å². The van der Waals surface area contributed by atoms with Crippen LogP contribution in [-0.2, 0) is 0 Å². The lowest BCUT2D eigenvalue weighted by Gasteiger charge is -2.16. The second-order valence-electron chi connectivity index (χ2n) is 4.63. The molecule has 0 heterocycles. The molecule has 2 aromatic rings. The van der Waals surface area contributed by atoms with Gasteiger partial charge in [0.15, 0.2) is 0 Å². The molecule has 2 rings (SSSR count). The molecule has 0 spiro atoms. The van der Waals surface area contributed by atoms with Crippen molar-refractivity contribution in [2.24, 2.45) is 0 Å². The lowest BCUT2D eigenvalue weighted by atomic mass is 10.0. The molecular formula is C18H20O2. The van der Waals surface area contributed by atoms with Gasteiger partial charge in [-0.2, -0.15) is 0 Å². The third-order valence-electron chi connectivity index (χ3n) is 3.14. The van der Waals surface area contributed by atoms with Gasteiger partial charge in [-0.3, -0.25) is 0 Å². The predicted molar refractivity (Wildman–Crippen MR) is 81.9 cm³/mol. The number of benzene rings is 2. The Morgan fingerprint density at radius 2 is 1.75 bits per heavy atom. The first-order valence-electron chi connectivity index (χ1n) is 6.88. The van der Waals surface area contributed by atoms with Crippen LogP contribution in [0.3, 0.4) is 0 Å². The molecule has 2 heteroatoms. The molecule has 0 bridgehead atoms. The minimum absolute atomic E-state index is 0.630. The maximum Gasteiger partial charge on any atom is 0.125 e. The van der Waals surface area contributed by atoms with E-state index in [1.165, 1.54) is 0 Å². The van der Waals surface area contributed by atoms with E-state index in [1.54, 1.807) is 0 Å². The van der Waals surface area contributed by atoms with Crippen molar-refractivity contribution in [2.75, 3.05) is 6.61 Å². The van der Waals surface area contributed by atoms with Crippen molar-refractivity contribution in [2.45, 2.75) is 18.9 Å². The Morgan fingerprint density at radius 1 is 1.05 bits per heavy atom. The first kappa shape index (κ1) is 14.4. The molecule has 1 N–H and O–H groups in total. The summed E-state index contributed by atoms with van der Waals surface area (Å²) in [7, 11) is 0. The normalized spacial score (nSPS) is 11.8. The number of aliphatic hydroxyl groups excluding tert-OH is 1. The predicted octanol–water partition coefficient (Wildman–Crippen LogP) is 4.11. The van der Waals surface area contributed by atoms with Gasteiger partial charge < -0.3 is 9.84 Å². The Kier molecular flexibility index (Phi) is 5.39. The summed E-state index contributed by atoms with van der Waals surface area (Å²) in [6, 6.07) is 17.3. The summed E-state index contributed by atoms with van der Waals surface area (Å²) in [6.45, 7) is 4.32. The Labute approximate surface area is 120 Å². The Balaban J connectivity index is 2.13. The number of allylic oxidation sites excluding steroid dienone is 1. The number of hydrogen-bond donors (Lipinski definition) is 1. The number of hydrogen-bond acceptors (Lipinski definition) is 2. The van der Waals surface area contributed by atoms with Crippen molar-refractivity contribution in [1.82, 2.24) is 0 Å². The fourth-order valence-corrected chi connectivity index (χ4v) is 2.06. The molecule has 20 heavy (non-hydrogen) atoms. The van der Waals surface area contributed by atoms with Gasteiger partial charge in [0.2, 0.25) is 0 Å². The van der Waals surface area contributed by atoms with Crippen LogP contribution in [0.2, 0.25) is 0 Å². The van der Waals surface area contributed by atoms with Gasteiger partial charge >= 0.3 is 0 Å². The Bertz CT molecular complexity index is 534. The molecule has 0 aliphatic carbocycles. The van der Waals surface area contributed by atoms with Gasteiger partial charge in [-0.15, -0.1) is 6.58 Å². The van der Waals surface area contributed by atoms with Crippen LogP contribution in [-0.4, -0.2) is 11.7 Å². The molecule has 0 aliphatic rings. The van der Waals surface area contributed by atoms with Crippen LogP contribution >= 0.6 is 0 Å². The van der Waals surface area contributed by atoms with Crippen LogP contribution in [0.4, 0.5) is 0 Å². The lowest BCUT2D eigenvalue weighted by Crippen LogP contribution is -2.05. The molecule has 2 nitrogen and oxygen atoms in total. The molecular weight excluding hydrogens is 248 g/mol. The largest absolute Gasteiger partial charge is 0.493 e. The van der Waals surface area contributed by atoms with Crippen LogP contribution in [0, 0.1) is 0 Å². The molecule has 0 fully saturated rings. The Hall–Kier alpha value is -2.06. The SMILES string of the molecule is C=CCCCOc1ccccc1C(O)c1ccccc1. The average Bonchev–Trinajstić information content (AvgIpc) is 2.52. The first-order chi connectivity index (χ1) is 9.83. The summed E-state index contributed by atoms with van der Waals surface area (Å²) in [5.74, 6) is 0.743. The van der Waals surface area contributed by atoms with Gasteiger partial charge in [0.1, 0.15) is 11.9 Å². The third-order valence-corrected chi connectivity index (χ3v) is 3.14. The minimum atomic E-state index is -0.660. The monoisotopic (exact) mass is 268 g/mol. The average molecular weight is 268 g/mol. The second kappa shape index (κ2) is 7.51. The molecule has 0 aliphatic heterocycles.